The monoisotopic (exact) mass is 491 g/mol. The first-order valence-electron chi connectivity index (χ1n) is 10.1. The molecule has 1 saturated heterocycles. The van der Waals surface area contributed by atoms with Gasteiger partial charge in [0.1, 0.15) is 6.54 Å². The van der Waals surface area contributed by atoms with Gasteiger partial charge in [0.15, 0.2) is 5.96 Å². The Morgan fingerprint density at radius 1 is 1.00 bits per heavy atom. The molecule has 1 unspecified atom stereocenters. The maximum Gasteiger partial charge on any atom is 0.243 e. The maximum absolute atomic E-state index is 12.7. The third kappa shape index (κ3) is 6.80. The lowest BCUT2D eigenvalue weighted by Gasteiger charge is -2.26. The van der Waals surface area contributed by atoms with Crippen LogP contribution in [0.2, 0.25) is 0 Å². The van der Waals surface area contributed by atoms with Gasteiger partial charge in [-0.25, -0.2) is 4.99 Å². The third-order valence-corrected chi connectivity index (χ3v) is 5.58. The predicted octanol–water partition coefficient (Wildman–Crippen LogP) is 1.57. The smallest absolute Gasteiger partial charge is 0.243 e. The van der Waals surface area contributed by atoms with Crippen LogP contribution in [0.5, 0.6) is 0 Å². The topological polar surface area (TPSA) is 77.0 Å². The van der Waals surface area contributed by atoms with E-state index in [0.717, 1.165) is 45.2 Å². The summed E-state index contributed by atoms with van der Waals surface area (Å²) in [6, 6.07) is 0.680. The van der Waals surface area contributed by atoms with Crippen molar-refractivity contribution >= 4 is 41.8 Å². The number of carbonyl (C=O) groups excluding carboxylic acids is 2. The zero-order valence-electron chi connectivity index (χ0n) is 16.6. The molecular weight excluding hydrogens is 457 g/mol. The average Bonchev–Trinajstić information content (AvgIpc) is 3.34. The summed E-state index contributed by atoms with van der Waals surface area (Å²) >= 11 is 0. The van der Waals surface area contributed by atoms with Crippen molar-refractivity contribution < 1.29 is 9.59 Å². The average molecular weight is 491 g/mol. The lowest BCUT2D eigenvalue weighted by molar-refractivity contribution is -0.135. The van der Waals surface area contributed by atoms with Crippen LogP contribution in [0, 0.1) is 5.92 Å². The van der Waals surface area contributed by atoms with Gasteiger partial charge in [0, 0.05) is 45.2 Å². The Hall–Kier alpha value is -1.06. The second-order valence-corrected chi connectivity index (χ2v) is 8.12. The first-order chi connectivity index (χ1) is 12.5. The fourth-order valence-electron chi connectivity index (χ4n) is 3.72. The summed E-state index contributed by atoms with van der Waals surface area (Å²) in [6.07, 6.45) is 8.99. The third-order valence-electron chi connectivity index (χ3n) is 5.58. The molecular formula is C19H34IN5O2. The number of carbonyl (C=O) groups is 2. The van der Waals surface area contributed by atoms with E-state index in [1.165, 1.54) is 19.3 Å². The molecule has 0 radical (unpaired) electrons. The molecule has 7 nitrogen and oxygen atoms in total. The predicted molar refractivity (Wildman–Crippen MR) is 117 cm³/mol. The number of amides is 2. The van der Waals surface area contributed by atoms with Crippen molar-refractivity contribution in [3.63, 3.8) is 0 Å². The SMILES string of the molecule is CN(C)C(=O)CN=C(NC1CC1)NC1CCN(C(=O)C2CCCCC2)C1.I. The standard InChI is InChI=1S/C19H33N5O2.HI/c1-23(2)17(25)12-20-19(21-15-8-9-15)22-16-10-11-24(13-16)18(26)14-6-4-3-5-7-14;/h14-16H,3-13H2,1-2H3,(H2,20,21,22);1H. The van der Waals surface area contributed by atoms with Gasteiger partial charge in [-0.05, 0) is 32.1 Å². The zero-order chi connectivity index (χ0) is 18.5. The molecule has 0 aromatic carbocycles. The van der Waals surface area contributed by atoms with Crippen molar-refractivity contribution in [1.29, 1.82) is 0 Å². The molecule has 2 saturated carbocycles. The summed E-state index contributed by atoms with van der Waals surface area (Å²) in [7, 11) is 3.48. The Balaban J connectivity index is 0.00000261. The Kier molecular flexibility index (Phi) is 8.62. The van der Waals surface area contributed by atoms with Crippen molar-refractivity contribution in [1.82, 2.24) is 20.4 Å². The minimum atomic E-state index is -0.0116. The van der Waals surface area contributed by atoms with Gasteiger partial charge in [-0.15, -0.1) is 24.0 Å². The van der Waals surface area contributed by atoms with Gasteiger partial charge in [0.2, 0.25) is 11.8 Å². The number of halogens is 1. The first kappa shape index (κ1) is 22.2. The number of guanidine groups is 1. The highest BCUT2D eigenvalue weighted by Gasteiger charge is 2.32. The first-order valence-corrected chi connectivity index (χ1v) is 10.1. The number of likely N-dealkylation sites (tertiary alicyclic amines) is 1. The minimum absolute atomic E-state index is 0. The van der Waals surface area contributed by atoms with E-state index in [1.807, 2.05) is 4.90 Å². The molecule has 2 amide bonds. The molecule has 8 heteroatoms. The van der Waals surface area contributed by atoms with Gasteiger partial charge in [0.25, 0.3) is 0 Å². The lowest BCUT2D eigenvalue weighted by Crippen LogP contribution is -2.46. The van der Waals surface area contributed by atoms with E-state index in [9.17, 15) is 9.59 Å². The number of hydrogen-bond donors (Lipinski definition) is 2. The number of hydrogen-bond acceptors (Lipinski definition) is 3. The molecule has 2 aliphatic carbocycles. The Morgan fingerprint density at radius 3 is 2.30 bits per heavy atom. The maximum atomic E-state index is 12.7. The second-order valence-electron chi connectivity index (χ2n) is 8.12. The van der Waals surface area contributed by atoms with E-state index < -0.39 is 0 Å². The zero-order valence-corrected chi connectivity index (χ0v) is 18.9. The molecule has 0 aromatic rings. The highest BCUT2D eigenvalue weighted by atomic mass is 127. The molecule has 27 heavy (non-hydrogen) atoms. The molecule has 0 aromatic heterocycles. The molecule has 1 aliphatic heterocycles. The number of rotatable bonds is 5. The van der Waals surface area contributed by atoms with Crippen LogP contribution >= 0.6 is 24.0 Å². The summed E-state index contributed by atoms with van der Waals surface area (Å²) in [5, 5.41) is 6.83. The van der Waals surface area contributed by atoms with Crippen LogP contribution in [-0.4, -0.2) is 73.4 Å². The summed E-state index contributed by atoms with van der Waals surface area (Å²) in [5.74, 6) is 1.27. The fraction of sp³-hybridized carbons (Fsp3) is 0.842. The Labute approximate surface area is 179 Å². The van der Waals surface area contributed by atoms with E-state index in [4.69, 9.17) is 0 Å². The summed E-state index contributed by atoms with van der Waals surface area (Å²) < 4.78 is 0. The van der Waals surface area contributed by atoms with Crippen molar-refractivity contribution in [2.45, 2.75) is 63.5 Å². The minimum Gasteiger partial charge on any atom is -0.354 e. The van der Waals surface area contributed by atoms with Crippen LogP contribution in [0.1, 0.15) is 51.4 Å². The van der Waals surface area contributed by atoms with Crippen LogP contribution in [-0.2, 0) is 9.59 Å². The molecule has 154 valence electrons. The van der Waals surface area contributed by atoms with Crippen molar-refractivity contribution in [3.05, 3.63) is 0 Å². The van der Waals surface area contributed by atoms with E-state index in [0.29, 0.717) is 17.9 Å². The number of nitrogens with one attached hydrogen (secondary N) is 2. The second kappa shape index (κ2) is 10.5. The van der Waals surface area contributed by atoms with Gasteiger partial charge in [-0.1, -0.05) is 19.3 Å². The van der Waals surface area contributed by atoms with E-state index >= 15 is 0 Å². The molecule has 1 atom stereocenters. The number of likely N-dealkylation sites (N-methyl/N-ethyl adjacent to an activating group) is 1. The largest absolute Gasteiger partial charge is 0.354 e. The number of nitrogens with zero attached hydrogens (tertiary/aromatic N) is 3. The van der Waals surface area contributed by atoms with Crippen LogP contribution < -0.4 is 10.6 Å². The van der Waals surface area contributed by atoms with Crippen molar-refractivity contribution in [3.8, 4) is 0 Å². The highest BCUT2D eigenvalue weighted by Crippen LogP contribution is 2.26. The van der Waals surface area contributed by atoms with Crippen LogP contribution in [0.15, 0.2) is 4.99 Å². The van der Waals surface area contributed by atoms with Crippen molar-refractivity contribution in [2.75, 3.05) is 33.7 Å². The normalized spacial score (nSPS) is 23.6. The van der Waals surface area contributed by atoms with Crippen LogP contribution in [0.4, 0.5) is 0 Å². The number of aliphatic imine (C=N–C) groups is 1. The Bertz CT molecular complexity index is 544. The molecule has 0 bridgehead atoms. The van der Waals surface area contributed by atoms with E-state index in [1.54, 1.807) is 19.0 Å². The van der Waals surface area contributed by atoms with Gasteiger partial charge in [-0.3, -0.25) is 9.59 Å². The van der Waals surface area contributed by atoms with E-state index in [2.05, 4.69) is 15.6 Å². The van der Waals surface area contributed by atoms with Gasteiger partial charge in [-0.2, -0.15) is 0 Å². The molecule has 3 aliphatic rings. The molecule has 1 heterocycles. The lowest BCUT2D eigenvalue weighted by atomic mass is 9.88. The quantitative estimate of drug-likeness (QED) is 0.348. The van der Waals surface area contributed by atoms with Gasteiger partial charge >= 0.3 is 0 Å². The highest BCUT2D eigenvalue weighted by molar-refractivity contribution is 14.0. The summed E-state index contributed by atoms with van der Waals surface area (Å²) in [4.78, 5) is 32.5. The summed E-state index contributed by atoms with van der Waals surface area (Å²) in [5.41, 5.74) is 0. The molecule has 3 rings (SSSR count). The summed E-state index contributed by atoms with van der Waals surface area (Å²) in [6.45, 7) is 1.70. The van der Waals surface area contributed by atoms with Crippen LogP contribution in [0.25, 0.3) is 0 Å². The van der Waals surface area contributed by atoms with Gasteiger partial charge < -0.3 is 20.4 Å². The van der Waals surface area contributed by atoms with Gasteiger partial charge in [0.05, 0.1) is 0 Å². The molecule has 0 spiro atoms. The van der Waals surface area contributed by atoms with Crippen LogP contribution in [0.3, 0.4) is 0 Å². The fourth-order valence-corrected chi connectivity index (χ4v) is 3.72. The molecule has 3 fully saturated rings. The van der Waals surface area contributed by atoms with E-state index in [-0.39, 0.29) is 48.4 Å². The Morgan fingerprint density at radius 2 is 1.67 bits per heavy atom. The molecule has 2 N–H and O–H groups in total. The van der Waals surface area contributed by atoms with Crippen molar-refractivity contribution in [2.24, 2.45) is 10.9 Å².